The lowest BCUT2D eigenvalue weighted by Gasteiger charge is -2.24. The molecule has 21 heavy (non-hydrogen) atoms. The topological polar surface area (TPSA) is 38.1 Å². The van der Waals surface area contributed by atoms with Crippen LogP contribution in [0.15, 0.2) is 24.5 Å². The number of nitrogens with zero attached hydrogens (tertiary/aromatic N) is 3. The van der Waals surface area contributed by atoms with Crippen LogP contribution in [0.1, 0.15) is 28.9 Å². The molecule has 0 aliphatic carbocycles. The van der Waals surface area contributed by atoms with Crippen LogP contribution in [0.2, 0.25) is 5.02 Å². The van der Waals surface area contributed by atoms with Crippen LogP contribution in [0.4, 0.5) is 8.78 Å². The summed E-state index contributed by atoms with van der Waals surface area (Å²) in [6, 6.07) is 1.75. The molecule has 2 aromatic rings. The summed E-state index contributed by atoms with van der Waals surface area (Å²) < 4.78 is 28.7. The summed E-state index contributed by atoms with van der Waals surface area (Å²) in [5.74, 6) is -2.52. The summed E-state index contributed by atoms with van der Waals surface area (Å²) in [6.07, 6.45) is 3.39. The first-order chi connectivity index (χ1) is 9.82. The minimum atomic E-state index is -1.05. The Bertz CT molecular complexity index is 687. The average Bonchev–Trinajstić information content (AvgIpc) is 2.89. The Labute approximate surface area is 125 Å². The van der Waals surface area contributed by atoms with Gasteiger partial charge in [-0.1, -0.05) is 11.6 Å². The molecule has 0 bridgehead atoms. The highest BCUT2D eigenvalue weighted by molar-refractivity contribution is 6.31. The molecule has 1 amide bonds. The standard InChI is InChI=1S/C14H14ClF2N3O/c1-8(9-6-18-19(2)7-9)20(3)14(21)10-4-5-11(16)12(15)13(10)17/h4-8H,1-3H3/t8-/m0/s1. The Morgan fingerprint density at radius 3 is 2.67 bits per heavy atom. The molecule has 4 nitrogen and oxygen atoms in total. The summed E-state index contributed by atoms with van der Waals surface area (Å²) in [5.41, 5.74) is 0.543. The van der Waals surface area contributed by atoms with Gasteiger partial charge in [0, 0.05) is 25.9 Å². The van der Waals surface area contributed by atoms with Crippen molar-refractivity contribution in [3.63, 3.8) is 0 Å². The van der Waals surface area contributed by atoms with Gasteiger partial charge in [-0.2, -0.15) is 5.10 Å². The number of halogens is 3. The number of aromatic nitrogens is 2. The Hall–Kier alpha value is -1.95. The fourth-order valence-corrected chi connectivity index (χ4v) is 2.10. The molecule has 0 aliphatic heterocycles. The summed E-state index contributed by atoms with van der Waals surface area (Å²) in [4.78, 5) is 13.7. The third kappa shape index (κ3) is 2.90. The minimum absolute atomic E-state index is 0.264. The second kappa shape index (κ2) is 5.81. The number of carbonyl (C=O) groups is 1. The lowest BCUT2D eigenvalue weighted by molar-refractivity contribution is 0.0738. The van der Waals surface area contributed by atoms with E-state index in [1.807, 2.05) is 0 Å². The number of hydrogen-bond donors (Lipinski definition) is 0. The maximum absolute atomic E-state index is 13.9. The SMILES string of the molecule is C[C@@H](c1cnn(C)c1)N(C)C(=O)c1ccc(F)c(Cl)c1F. The zero-order valence-electron chi connectivity index (χ0n) is 11.8. The van der Waals surface area contributed by atoms with Gasteiger partial charge in [0.15, 0.2) is 5.82 Å². The average molecular weight is 314 g/mol. The number of hydrogen-bond acceptors (Lipinski definition) is 2. The second-order valence-electron chi connectivity index (χ2n) is 4.76. The van der Waals surface area contributed by atoms with Crippen molar-refractivity contribution in [3.05, 3.63) is 52.3 Å². The summed E-state index contributed by atoms with van der Waals surface area (Å²) in [6.45, 7) is 1.79. The lowest BCUT2D eigenvalue weighted by Crippen LogP contribution is -2.30. The number of aryl methyl sites for hydroxylation is 1. The monoisotopic (exact) mass is 313 g/mol. The third-order valence-corrected chi connectivity index (χ3v) is 3.72. The molecule has 0 unspecified atom stereocenters. The van der Waals surface area contributed by atoms with E-state index in [9.17, 15) is 13.6 Å². The van der Waals surface area contributed by atoms with Gasteiger partial charge in [-0.25, -0.2) is 8.78 Å². The highest BCUT2D eigenvalue weighted by Gasteiger charge is 2.24. The van der Waals surface area contributed by atoms with E-state index >= 15 is 0 Å². The van der Waals surface area contributed by atoms with Gasteiger partial charge < -0.3 is 4.90 Å². The molecule has 0 aliphatic rings. The van der Waals surface area contributed by atoms with E-state index in [2.05, 4.69) is 5.10 Å². The van der Waals surface area contributed by atoms with Crippen LogP contribution in [-0.4, -0.2) is 27.6 Å². The molecule has 112 valence electrons. The number of carbonyl (C=O) groups excluding carboxylic acids is 1. The molecule has 0 saturated carbocycles. The number of rotatable bonds is 3. The van der Waals surface area contributed by atoms with Gasteiger partial charge in [0.1, 0.15) is 10.8 Å². The van der Waals surface area contributed by atoms with Gasteiger partial charge in [-0.15, -0.1) is 0 Å². The van der Waals surface area contributed by atoms with Crippen molar-refractivity contribution >= 4 is 17.5 Å². The zero-order valence-corrected chi connectivity index (χ0v) is 12.5. The zero-order chi connectivity index (χ0) is 15.7. The van der Waals surface area contributed by atoms with Crippen molar-refractivity contribution in [2.75, 3.05) is 7.05 Å². The van der Waals surface area contributed by atoms with Gasteiger partial charge in [0.25, 0.3) is 5.91 Å². The van der Waals surface area contributed by atoms with Crippen molar-refractivity contribution in [2.45, 2.75) is 13.0 Å². The maximum Gasteiger partial charge on any atom is 0.257 e. The first-order valence-corrected chi connectivity index (χ1v) is 6.60. The quantitative estimate of drug-likeness (QED) is 0.816. The van der Waals surface area contributed by atoms with E-state index in [-0.39, 0.29) is 11.6 Å². The van der Waals surface area contributed by atoms with Crippen LogP contribution in [-0.2, 0) is 7.05 Å². The van der Waals surface area contributed by atoms with Crippen molar-refractivity contribution in [1.82, 2.24) is 14.7 Å². The lowest BCUT2D eigenvalue weighted by atomic mass is 10.1. The van der Waals surface area contributed by atoms with Gasteiger partial charge in [0.2, 0.25) is 0 Å². The van der Waals surface area contributed by atoms with Gasteiger partial charge in [0.05, 0.1) is 17.8 Å². The van der Waals surface area contributed by atoms with Crippen LogP contribution in [0.3, 0.4) is 0 Å². The van der Waals surface area contributed by atoms with Gasteiger partial charge >= 0.3 is 0 Å². The molecule has 1 aromatic heterocycles. The van der Waals surface area contributed by atoms with E-state index in [0.717, 1.165) is 17.7 Å². The molecule has 0 saturated heterocycles. The Morgan fingerprint density at radius 2 is 2.10 bits per heavy atom. The molecule has 1 aromatic carbocycles. The van der Waals surface area contributed by atoms with Gasteiger partial charge in [-0.3, -0.25) is 9.48 Å². The summed E-state index contributed by atoms with van der Waals surface area (Å²) in [5, 5.41) is 3.35. The van der Waals surface area contributed by atoms with E-state index in [1.165, 1.54) is 11.9 Å². The van der Waals surface area contributed by atoms with Gasteiger partial charge in [-0.05, 0) is 19.1 Å². The Morgan fingerprint density at radius 1 is 1.43 bits per heavy atom. The molecule has 7 heteroatoms. The Balaban J connectivity index is 2.29. The normalized spacial score (nSPS) is 12.3. The smallest absolute Gasteiger partial charge is 0.257 e. The van der Waals surface area contributed by atoms with E-state index < -0.39 is 22.6 Å². The first-order valence-electron chi connectivity index (χ1n) is 6.22. The predicted octanol–water partition coefficient (Wildman–Crippen LogP) is 3.18. The molecule has 0 N–H and O–H groups in total. The number of benzene rings is 1. The highest BCUT2D eigenvalue weighted by atomic mass is 35.5. The van der Waals surface area contributed by atoms with Crippen molar-refractivity contribution < 1.29 is 13.6 Å². The molecule has 2 rings (SSSR count). The van der Waals surface area contributed by atoms with Crippen molar-refractivity contribution in [1.29, 1.82) is 0 Å². The van der Waals surface area contributed by atoms with E-state index in [4.69, 9.17) is 11.6 Å². The minimum Gasteiger partial charge on any atom is -0.335 e. The first kappa shape index (κ1) is 15.4. The number of amides is 1. The largest absolute Gasteiger partial charge is 0.335 e. The van der Waals surface area contributed by atoms with Crippen LogP contribution in [0, 0.1) is 11.6 Å². The van der Waals surface area contributed by atoms with Crippen LogP contribution >= 0.6 is 11.6 Å². The molecule has 1 atom stereocenters. The summed E-state index contributed by atoms with van der Waals surface area (Å²) in [7, 11) is 3.30. The molecular formula is C14H14ClF2N3O. The van der Waals surface area contributed by atoms with Crippen LogP contribution in [0.25, 0.3) is 0 Å². The third-order valence-electron chi connectivity index (χ3n) is 3.37. The maximum atomic E-state index is 13.9. The van der Waals surface area contributed by atoms with E-state index in [1.54, 1.807) is 31.0 Å². The van der Waals surface area contributed by atoms with Crippen LogP contribution in [0.5, 0.6) is 0 Å². The second-order valence-corrected chi connectivity index (χ2v) is 5.14. The molecule has 1 heterocycles. The highest BCUT2D eigenvalue weighted by Crippen LogP contribution is 2.25. The fourth-order valence-electron chi connectivity index (χ4n) is 1.94. The van der Waals surface area contributed by atoms with Crippen molar-refractivity contribution in [3.8, 4) is 0 Å². The summed E-state index contributed by atoms with van der Waals surface area (Å²) >= 11 is 5.50. The van der Waals surface area contributed by atoms with Crippen molar-refractivity contribution in [2.24, 2.45) is 7.05 Å². The molecular weight excluding hydrogens is 300 g/mol. The molecule has 0 spiro atoms. The molecule has 0 radical (unpaired) electrons. The van der Waals surface area contributed by atoms with E-state index in [0.29, 0.717) is 0 Å². The molecule has 0 fully saturated rings. The Kier molecular flexibility index (Phi) is 4.27. The fraction of sp³-hybridized carbons (Fsp3) is 0.286. The van der Waals surface area contributed by atoms with Crippen LogP contribution < -0.4 is 0 Å². The predicted molar refractivity (Wildman–Crippen MR) is 75.1 cm³/mol.